The molecular formula is C19H27NO4. The van der Waals surface area contributed by atoms with Gasteiger partial charge in [-0.1, -0.05) is 6.08 Å². The number of aryl methyl sites for hydroxylation is 2. The number of hydrogen-bond donors (Lipinski definition) is 0. The van der Waals surface area contributed by atoms with Gasteiger partial charge in [0.05, 0.1) is 24.9 Å². The Morgan fingerprint density at radius 2 is 2.38 bits per heavy atom. The number of fused-ring (bicyclic) bond motifs is 1. The van der Waals surface area contributed by atoms with E-state index < -0.39 is 0 Å². The average molecular weight is 333 g/mol. The van der Waals surface area contributed by atoms with Gasteiger partial charge in [-0.25, -0.2) is 0 Å². The molecule has 1 aromatic heterocycles. The lowest BCUT2D eigenvalue weighted by Crippen LogP contribution is -2.58. The summed E-state index contributed by atoms with van der Waals surface area (Å²) in [5, 5.41) is 0. The summed E-state index contributed by atoms with van der Waals surface area (Å²) in [5.41, 5.74) is 0.562. The van der Waals surface area contributed by atoms with Gasteiger partial charge in [-0.2, -0.15) is 0 Å². The van der Waals surface area contributed by atoms with Crippen molar-refractivity contribution in [3.63, 3.8) is 0 Å². The maximum Gasteiger partial charge on any atom is 0.257 e. The van der Waals surface area contributed by atoms with Gasteiger partial charge < -0.3 is 18.8 Å². The van der Waals surface area contributed by atoms with E-state index in [1.54, 1.807) is 6.08 Å². The highest BCUT2D eigenvalue weighted by atomic mass is 16.5. The molecule has 0 unspecified atom stereocenters. The molecule has 2 atom stereocenters. The van der Waals surface area contributed by atoms with E-state index in [-0.39, 0.29) is 17.4 Å². The Labute approximate surface area is 143 Å². The predicted octanol–water partition coefficient (Wildman–Crippen LogP) is 3.11. The van der Waals surface area contributed by atoms with Gasteiger partial charge in [0.2, 0.25) is 0 Å². The Morgan fingerprint density at radius 1 is 1.54 bits per heavy atom. The van der Waals surface area contributed by atoms with Crippen LogP contribution in [0.2, 0.25) is 0 Å². The molecule has 2 aliphatic heterocycles. The minimum Gasteiger partial charge on any atom is -0.466 e. The van der Waals surface area contributed by atoms with Crippen molar-refractivity contribution in [2.75, 3.05) is 32.9 Å². The molecular weight excluding hydrogens is 306 g/mol. The molecule has 2 fully saturated rings. The zero-order valence-corrected chi connectivity index (χ0v) is 14.7. The highest BCUT2D eigenvalue weighted by Crippen LogP contribution is 2.41. The summed E-state index contributed by atoms with van der Waals surface area (Å²) in [4.78, 5) is 14.9. The van der Waals surface area contributed by atoms with E-state index in [1.807, 2.05) is 24.8 Å². The number of piperidine rings is 1. The Kier molecular flexibility index (Phi) is 5.11. The normalized spacial score (nSPS) is 26.9. The number of furan rings is 1. The molecule has 2 aliphatic rings. The Bertz CT molecular complexity index is 609. The van der Waals surface area contributed by atoms with Gasteiger partial charge in [0.15, 0.2) is 0 Å². The number of likely N-dealkylation sites (tertiary alicyclic amines) is 1. The average Bonchev–Trinajstić information content (AvgIpc) is 2.92. The van der Waals surface area contributed by atoms with Crippen LogP contribution in [0.1, 0.15) is 41.1 Å². The molecule has 0 radical (unpaired) electrons. The van der Waals surface area contributed by atoms with Crippen LogP contribution in [-0.4, -0.2) is 49.8 Å². The van der Waals surface area contributed by atoms with Gasteiger partial charge in [-0.15, -0.1) is 6.58 Å². The highest BCUT2D eigenvalue weighted by Gasteiger charge is 2.47. The third kappa shape index (κ3) is 3.28. The molecule has 0 spiro atoms. The van der Waals surface area contributed by atoms with Crippen LogP contribution in [0.4, 0.5) is 0 Å². The fourth-order valence-corrected chi connectivity index (χ4v) is 4.03. The largest absolute Gasteiger partial charge is 0.466 e. The molecule has 132 valence electrons. The highest BCUT2D eigenvalue weighted by molar-refractivity contribution is 5.95. The molecule has 24 heavy (non-hydrogen) atoms. The van der Waals surface area contributed by atoms with Crippen molar-refractivity contribution in [2.45, 2.75) is 39.2 Å². The Morgan fingerprint density at radius 3 is 3.08 bits per heavy atom. The summed E-state index contributed by atoms with van der Waals surface area (Å²) >= 11 is 0. The van der Waals surface area contributed by atoms with Crippen LogP contribution in [0.3, 0.4) is 0 Å². The smallest absolute Gasteiger partial charge is 0.257 e. The quantitative estimate of drug-likeness (QED) is 0.614. The fourth-order valence-electron chi connectivity index (χ4n) is 4.03. The van der Waals surface area contributed by atoms with Gasteiger partial charge in [0.25, 0.3) is 5.91 Å². The molecule has 5 heteroatoms. The second kappa shape index (κ2) is 7.11. The third-order valence-electron chi connectivity index (χ3n) is 5.17. The minimum absolute atomic E-state index is 0.0523. The van der Waals surface area contributed by atoms with Crippen molar-refractivity contribution >= 4 is 5.91 Å². The van der Waals surface area contributed by atoms with Gasteiger partial charge in [-0.05, 0) is 39.2 Å². The van der Waals surface area contributed by atoms with E-state index in [0.29, 0.717) is 31.1 Å². The summed E-state index contributed by atoms with van der Waals surface area (Å²) in [6.07, 6.45) is 4.84. The van der Waals surface area contributed by atoms with Crippen LogP contribution < -0.4 is 0 Å². The Hall–Kier alpha value is -1.59. The maximum atomic E-state index is 12.9. The first-order valence-electron chi connectivity index (χ1n) is 8.72. The van der Waals surface area contributed by atoms with Crippen molar-refractivity contribution in [3.05, 3.63) is 35.8 Å². The number of carbonyl (C=O) groups excluding carboxylic acids is 1. The van der Waals surface area contributed by atoms with Crippen LogP contribution in [0.5, 0.6) is 0 Å². The SMILES string of the molecule is C=CCOC[C@]12CCCO[C@@H]1CCN(C(=O)c1cc(C)oc1C)C2. The van der Waals surface area contributed by atoms with E-state index in [9.17, 15) is 4.79 Å². The lowest BCUT2D eigenvalue weighted by atomic mass is 9.73. The summed E-state index contributed by atoms with van der Waals surface area (Å²) < 4.78 is 17.3. The molecule has 0 saturated carbocycles. The molecule has 1 aromatic rings. The fraction of sp³-hybridized carbons (Fsp3) is 0.632. The predicted molar refractivity (Wildman–Crippen MR) is 91.1 cm³/mol. The van der Waals surface area contributed by atoms with Crippen molar-refractivity contribution < 1.29 is 18.7 Å². The number of ether oxygens (including phenoxy) is 2. The molecule has 0 bridgehead atoms. The second-order valence-electron chi connectivity index (χ2n) is 6.97. The first kappa shape index (κ1) is 17.2. The third-order valence-corrected chi connectivity index (χ3v) is 5.17. The summed E-state index contributed by atoms with van der Waals surface area (Å²) in [7, 11) is 0. The number of nitrogens with zero attached hydrogens (tertiary/aromatic N) is 1. The van der Waals surface area contributed by atoms with E-state index in [2.05, 4.69) is 6.58 Å². The lowest BCUT2D eigenvalue weighted by Gasteiger charge is -2.50. The van der Waals surface area contributed by atoms with E-state index >= 15 is 0 Å². The first-order valence-corrected chi connectivity index (χ1v) is 8.72. The van der Waals surface area contributed by atoms with Gasteiger partial charge in [-0.3, -0.25) is 4.79 Å². The topological polar surface area (TPSA) is 51.9 Å². The number of amides is 1. The lowest BCUT2D eigenvalue weighted by molar-refractivity contribution is -0.144. The maximum absolute atomic E-state index is 12.9. The summed E-state index contributed by atoms with van der Waals surface area (Å²) in [6.45, 7) is 10.8. The molecule has 0 aromatic carbocycles. The zero-order chi connectivity index (χ0) is 17.2. The molecule has 5 nitrogen and oxygen atoms in total. The van der Waals surface area contributed by atoms with E-state index in [4.69, 9.17) is 13.9 Å². The summed E-state index contributed by atoms with van der Waals surface area (Å²) in [5.74, 6) is 1.52. The van der Waals surface area contributed by atoms with Gasteiger partial charge >= 0.3 is 0 Å². The van der Waals surface area contributed by atoms with Crippen molar-refractivity contribution in [3.8, 4) is 0 Å². The molecule has 0 aliphatic carbocycles. The van der Waals surface area contributed by atoms with Crippen molar-refractivity contribution in [1.82, 2.24) is 4.90 Å². The first-order chi connectivity index (χ1) is 11.6. The van der Waals surface area contributed by atoms with Crippen molar-refractivity contribution in [1.29, 1.82) is 0 Å². The van der Waals surface area contributed by atoms with Crippen LogP contribution in [0.25, 0.3) is 0 Å². The summed E-state index contributed by atoms with van der Waals surface area (Å²) in [6, 6.07) is 1.84. The van der Waals surface area contributed by atoms with Gasteiger partial charge in [0, 0.05) is 25.1 Å². The molecule has 0 N–H and O–H groups in total. The number of hydrogen-bond acceptors (Lipinski definition) is 4. The van der Waals surface area contributed by atoms with Gasteiger partial charge in [0.1, 0.15) is 11.5 Å². The van der Waals surface area contributed by atoms with Crippen molar-refractivity contribution in [2.24, 2.45) is 5.41 Å². The monoisotopic (exact) mass is 333 g/mol. The standard InChI is InChI=1S/C19H27NO4/c1-4-9-22-13-19-7-5-10-23-17(19)6-8-20(12-19)18(21)16-11-14(2)24-15(16)3/h4,11,17H,1,5-10,12-13H2,2-3H3/t17-,19-/m1/s1. The van der Waals surface area contributed by atoms with Crippen LogP contribution in [-0.2, 0) is 9.47 Å². The van der Waals surface area contributed by atoms with Crippen LogP contribution in [0, 0.1) is 19.3 Å². The van der Waals surface area contributed by atoms with E-state index in [0.717, 1.165) is 38.2 Å². The zero-order valence-electron chi connectivity index (χ0n) is 14.7. The molecule has 1 amide bonds. The number of rotatable bonds is 5. The molecule has 2 saturated heterocycles. The van der Waals surface area contributed by atoms with Crippen LogP contribution in [0.15, 0.2) is 23.1 Å². The molecule has 3 rings (SSSR count). The van der Waals surface area contributed by atoms with E-state index in [1.165, 1.54) is 0 Å². The number of carbonyl (C=O) groups is 1. The second-order valence-corrected chi connectivity index (χ2v) is 6.97. The van der Waals surface area contributed by atoms with Crippen LogP contribution >= 0.6 is 0 Å². The molecule has 3 heterocycles. The minimum atomic E-state index is -0.109. The Balaban J connectivity index is 1.77.